The van der Waals surface area contributed by atoms with Gasteiger partial charge < -0.3 is 9.47 Å². The second-order valence-corrected chi connectivity index (χ2v) is 10.2. The summed E-state index contributed by atoms with van der Waals surface area (Å²) in [7, 11) is 0. The fraction of sp³-hybridized carbons (Fsp3) is 0.600. The largest absolute Gasteiger partial charge is 0.492 e. The van der Waals surface area contributed by atoms with E-state index in [1.54, 1.807) is 0 Å². The van der Waals surface area contributed by atoms with Crippen LogP contribution in [0.4, 0.5) is 0 Å². The van der Waals surface area contributed by atoms with Crippen LogP contribution in [0.25, 0.3) is 0 Å². The number of rotatable bonds is 11. The minimum atomic E-state index is 0.551. The average Bonchev–Trinajstić information content (AvgIpc) is 2.79. The third-order valence-electron chi connectivity index (χ3n) is 6.98. The summed E-state index contributed by atoms with van der Waals surface area (Å²) < 4.78 is 12.3. The van der Waals surface area contributed by atoms with Crippen LogP contribution in [0, 0.1) is 0 Å². The average molecular weight is 452 g/mol. The van der Waals surface area contributed by atoms with Crippen LogP contribution in [0.3, 0.4) is 0 Å². The highest BCUT2D eigenvalue weighted by Gasteiger charge is 2.19. The van der Waals surface area contributed by atoms with Gasteiger partial charge in [0.25, 0.3) is 0 Å². The Morgan fingerprint density at radius 2 is 1.03 bits per heavy atom. The SMILES string of the molecule is CC(C)c1ccc(OCCN(CCOc2ccc(C(C)C)cc2)C2CCCCCCC2)cc1. The number of hydrogen-bond acceptors (Lipinski definition) is 3. The molecular formula is C30H45NO2. The molecule has 3 heteroatoms. The molecular weight excluding hydrogens is 406 g/mol. The van der Waals surface area contributed by atoms with Gasteiger partial charge in [-0.05, 0) is 60.1 Å². The van der Waals surface area contributed by atoms with Gasteiger partial charge in [0.15, 0.2) is 0 Å². The van der Waals surface area contributed by atoms with Crippen LogP contribution in [0.2, 0.25) is 0 Å². The zero-order valence-electron chi connectivity index (χ0n) is 21.4. The van der Waals surface area contributed by atoms with Gasteiger partial charge in [-0.2, -0.15) is 0 Å². The zero-order chi connectivity index (χ0) is 23.5. The van der Waals surface area contributed by atoms with Crippen LogP contribution >= 0.6 is 0 Å². The van der Waals surface area contributed by atoms with Gasteiger partial charge in [-0.1, -0.05) is 84.1 Å². The van der Waals surface area contributed by atoms with Crippen molar-refractivity contribution in [1.29, 1.82) is 0 Å². The Morgan fingerprint density at radius 3 is 1.42 bits per heavy atom. The lowest BCUT2D eigenvalue weighted by molar-refractivity contribution is 0.117. The van der Waals surface area contributed by atoms with Gasteiger partial charge in [0.2, 0.25) is 0 Å². The van der Waals surface area contributed by atoms with Crippen molar-refractivity contribution in [1.82, 2.24) is 4.90 Å². The summed E-state index contributed by atoms with van der Waals surface area (Å²) in [4.78, 5) is 2.62. The number of nitrogens with zero attached hydrogens (tertiary/aromatic N) is 1. The smallest absolute Gasteiger partial charge is 0.119 e. The Kier molecular flexibility index (Phi) is 10.6. The van der Waals surface area contributed by atoms with Crippen molar-refractivity contribution in [2.75, 3.05) is 26.3 Å². The Balaban J connectivity index is 1.53. The molecule has 0 N–H and O–H groups in total. The van der Waals surface area contributed by atoms with Gasteiger partial charge in [0.1, 0.15) is 24.7 Å². The van der Waals surface area contributed by atoms with Gasteiger partial charge in [-0.25, -0.2) is 0 Å². The molecule has 0 saturated heterocycles. The first kappa shape index (κ1) is 25.6. The highest BCUT2D eigenvalue weighted by Crippen LogP contribution is 2.23. The van der Waals surface area contributed by atoms with Crippen molar-refractivity contribution in [3.05, 3.63) is 59.7 Å². The van der Waals surface area contributed by atoms with E-state index >= 15 is 0 Å². The van der Waals surface area contributed by atoms with Gasteiger partial charge in [0.05, 0.1) is 0 Å². The van der Waals surface area contributed by atoms with Crippen molar-refractivity contribution >= 4 is 0 Å². The zero-order valence-corrected chi connectivity index (χ0v) is 21.4. The molecule has 0 unspecified atom stereocenters. The van der Waals surface area contributed by atoms with Crippen molar-refractivity contribution in [3.63, 3.8) is 0 Å². The summed E-state index contributed by atoms with van der Waals surface area (Å²) in [6.07, 6.45) is 9.44. The monoisotopic (exact) mass is 451 g/mol. The second-order valence-electron chi connectivity index (χ2n) is 10.2. The van der Waals surface area contributed by atoms with Crippen LogP contribution in [0.1, 0.15) is 95.6 Å². The topological polar surface area (TPSA) is 21.7 Å². The van der Waals surface area contributed by atoms with Crippen molar-refractivity contribution in [3.8, 4) is 11.5 Å². The molecule has 0 atom stereocenters. The normalized spacial score (nSPS) is 15.6. The molecule has 1 saturated carbocycles. The summed E-state index contributed by atoms with van der Waals surface area (Å²) >= 11 is 0. The molecule has 0 aliphatic heterocycles. The van der Waals surface area contributed by atoms with E-state index in [1.165, 1.54) is 56.1 Å². The first-order valence-corrected chi connectivity index (χ1v) is 13.2. The van der Waals surface area contributed by atoms with E-state index in [9.17, 15) is 0 Å². The maximum Gasteiger partial charge on any atom is 0.119 e. The maximum absolute atomic E-state index is 6.14. The standard InChI is InChI=1S/C30H45NO2/c1-24(2)26-12-16-29(17-13-26)32-22-20-31(28-10-8-6-5-7-9-11-28)21-23-33-30-18-14-27(15-19-30)25(3)4/h12-19,24-25,28H,5-11,20-23H2,1-4H3. The third kappa shape index (κ3) is 8.70. The highest BCUT2D eigenvalue weighted by molar-refractivity contribution is 5.29. The highest BCUT2D eigenvalue weighted by atomic mass is 16.5. The van der Waals surface area contributed by atoms with Crippen LogP contribution < -0.4 is 9.47 Å². The molecule has 0 amide bonds. The summed E-state index contributed by atoms with van der Waals surface area (Å²) in [5, 5.41) is 0. The molecule has 0 heterocycles. The molecule has 3 rings (SSSR count). The molecule has 2 aromatic carbocycles. The van der Waals surface area contributed by atoms with Crippen LogP contribution in [-0.2, 0) is 0 Å². The molecule has 3 nitrogen and oxygen atoms in total. The lowest BCUT2D eigenvalue weighted by atomic mass is 9.95. The van der Waals surface area contributed by atoms with E-state index in [0.29, 0.717) is 17.9 Å². The molecule has 33 heavy (non-hydrogen) atoms. The molecule has 0 aromatic heterocycles. The van der Waals surface area contributed by atoms with Gasteiger partial charge in [0, 0.05) is 19.1 Å². The van der Waals surface area contributed by atoms with Crippen molar-refractivity contribution in [2.45, 2.75) is 90.5 Å². The summed E-state index contributed by atoms with van der Waals surface area (Å²) in [5.41, 5.74) is 2.72. The van der Waals surface area contributed by atoms with E-state index < -0.39 is 0 Å². The molecule has 0 spiro atoms. The summed E-state index contributed by atoms with van der Waals surface area (Å²) in [6.45, 7) is 12.2. The predicted octanol–water partition coefficient (Wildman–Crippen LogP) is 7.81. The first-order valence-electron chi connectivity index (χ1n) is 13.2. The molecule has 1 aliphatic rings. The predicted molar refractivity (Wildman–Crippen MR) is 140 cm³/mol. The molecule has 1 aliphatic carbocycles. The van der Waals surface area contributed by atoms with E-state index in [1.807, 2.05) is 0 Å². The van der Waals surface area contributed by atoms with Crippen LogP contribution in [0.5, 0.6) is 11.5 Å². The lowest BCUT2D eigenvalue weighted by Gasteiger charge is -2.33. The number of benzene rings is 2. The minimum absolute atomic E-state index is 0.551. The fourth-order valence-electron chi connectivity index (χ4n) is 4.74. The number of hydrogen-bond donors (Lipinski definition) is 0. The number of ether oxygens (including phenoxy) is 2. The molecule has 1 fully saturated rings. The van der Waals surface area contributed by atoms with Gasteiger partial charge in [-0.15, -0.1) is 0 Å². The van der Waals surface area contributed by atoms with E-state index in [0.717, 1.165) is 37.8 Å². The van der Waals surface area contributed by atoms with E-state index in [4.69, 9.17) is 9.47 Å². The Hall–Kier alpha value is -2.00. The third-order valence-corrected chi connectivity index (χ3v) is 6.98. The fourth-order valence-corrected chi connectivity index (χ4v) is 4.74. The quantitative estimate of drug-likeness (QED) is 0.348. The molecule has 182 valence electrons. The van der Waals surface area contributed by atoms with Gasteiger partial charge >= 0.3 is 0 Å². The molecule has 0 radical (unpaired) electrons. The Morgan fingerprint density at radius 1 is 0.636 bits per heavy atom. The Bertz CT molecular complexity index is 716. The van der Waals surface area contributed by atoms with E-state index in [-0.39, 0.29) is 0 Å². The minimum Gasteiger partial charge on any atom is -0.492 e. The van der Waals surface area contributed by atoms with Crippen LogP contribution in [-0.4, -0.2) is 37.2 Å². The van der Waals surface area contributed by atoms with Crippen LogP contribution in [0.15, 0.2) is 48.5 Å². The van der Waals surface area contributed by atoms with Crippen molar-refractivity contribution in [2.24, 2.45) is 0 Å². The van der Waals surface area contributed by atoms with Gasteiger partial charge in [-0.3, -0.25) is 4.90 Å². The van der Waals surface area contributed by atoms with Crippen molar-refractivity contribution < 1.29 is 9.47 Å². The maximum atomic E-state index is 6.14. The summed E-state index contributed by atoms with van der Waals surface area (Å²) in [6, 6.07) is 17.8. The lowest BCUT2D eigenvalue weighted by Crippen LogP contribution is -2.41. The first-order chi connectivity index (χ1) is 16.0. The Labute approximate surface area is 202 Å². The summed E-state index contributed by atoms with van der Waals surface area (Å²) in [5.74, 6) is 3.04. The second kappa shape index (κ2) is 13.6. The molecule has 0 bridgehead atoms. The van der Waals surface area contributed by atoms with E-state index in [2.05, 4.69) is 81.1 Å². The molecule has 2 aromatic rings.